The molecule has 2 saturated carbocycles. The van der Waals surface area contributed by atoms with Crippen LogP contribution in [-0.2, 0) is 28.2 Å². The lowest BCUT2D eigenvalue weighted by Gasteiger charge is -2.35. The number of aromatic nitrogens is 2. The number of Topliss-reactive ketones (excluding diaryl/α,β-unsaturated/α-hetero) is 1. The lowest BCUT2D eigenvalue weighted by atomic mass is 9.73. The highest BCUT2D eigenvalue weighted by molar-refractivity contribution is 5.95. The molecule has 6 rings (SSSR count). The van der Waals surface area contributed by atoms with Gasteiger partial charge in [-0.1, -0.05) is 18.2 Å². The normalized spacial score (nSPS) is 27.3. The molecule has 0 radical (unpaired) electrons. The minimum Gasteiger partial charge on any atom is -0.353 e. The molecule has 7 nitrogen and oxygen atoms in total. The van der Waals surface area contributed by atoms with Crippen molar-refractivity contribution in [3.63, 3.8) is 0 Å². The van der Waals surface area contributed by atoms with Crippen LogP contribution in [0.15, 0.2) is 18.2 Å². The van der Waals surface area contributed by atoms with Crippen molar-refractivity contribution < 1.29 is 18.8 Å². The van der Waals surface area contributed by atoms with Crippen molar-refractivity contribution in [2.45, 2.75) is 109 Å². The van der Waals surface area contributed by atoms with E-state index in [-0.39, 0.29) is 30.2 Å². The van der Waals surface area contributed by atoms with Crippen LogP contribution in [0.4, 0.5) is 4.39 Å². The van der Waals surface area contributed by atoms with E-state index >= 15 is 4.39 Å². The van der Waals surface area contributed by atoms with E-state index in [9.17, 15) is 14.4 Å². The number of hydrogen-bond donors (Lipinski definition) is 1. The van der Waals surface area contributed by atoms with Gasteiger partial charge in [0.25, 0.3) is 5.91 Å². The Morgan fingerprint density at radius 2 is 1.83 bits per heavy atom. The molecular formula is C33H43FN4O3. The van der Waals surface area contributed by atoms with Crippen LogP contribution in [0.1, 0.15) is 109 Å². The van der Waals surface area contributed by atoms with E-state index in [0.717, 1.165) is 72.9 Å². The fraction of sp³-hybridized carbons (Fsp3) is 0.636. The molecule has 3 aliphatic carbocycles. The molecular weight excluding hydrogens is 519 g/mol. The fourth-order valence-corrected chi connectivity index (χ4v) is 7.68. The van der Waals surface area contributed by atoms with Gasteiger partial charge in [0.1, 0.15) is 5.67 Å². The second kappa shape index (κ2) is 11.0. The predicted octanol–water partition coefficient (Wildman–Crippen LogP) is 5.30. The van der Waals surface area contributed by atoms with Crippen molar-refractivity contribution in [3.05, 3.63) is 51.8 Å². The molecule has 1 aromatic carbocycles. The van der Waals surface area contributed by atoms with Crippen LogP contribution in [-0.4, -0.2) is 51.4 Å². The van der Waals surface area contributed by atoms with E-state index in [2.05, 4.69) is 5.32 Å². The first-order chi connectivity index (χ1) is 19.6. The summed E-state index contributed by atoms with van der Waals surface area (Å²) in [4.78, 5) is 39.9. The van der Waals surface area contributed by atoms with Crippen molar-refractivity contribution >= 4 is 17.6 Å². The van der Waals surface area contributed by atoms with Crippen molar-refractivity contribution in [2.24, 2.45) is 11.8 Å². The number of fused-ring (bicyclic) bond motifs is 3. The summed E-state index contributed by atoms with van der Waals surface area (Å²) < 4.78 is 17.7. The minimum absolute atomic E-state index is 0.0351. The average Bonchev–Trinajstić information content (AvgIpc) is 3.47. The first-order valence-corrected chi connectivity index (χ1v) is 15.6. The van der Waals surface area contributed by atoms with Gasteiger partial charge in [-0.15, -0.1) is 0 Å². The molecule has 3 fully saturated rings. The van der Waals surface area contributed by atoms with E-state index in [1.165, 1.54) is 6.92 Å². The lowest BCUT2D eigenvalue weighted by Crippen LogP contribution is -2.46. The number of nitrogens with one attached hydrogen (secondary N) is 1. The molecule has 2 aromatic rings. The molecule has 2 atom stereocenters. The molecule has 1 aliphatic heterocycles. The molecule has 4 aliphatic rings. The topological polar surface area (TPSA) is 84.3 Å². The summed E-state index contributed by atoms with van der Waals surface area (Å²) >= 11 is 0. The Bertz CT molecular complexity index is 1350. The average molecular weight is 563 g/mol. The molecule has 220 valence electrons. The third-order valence-electron chi connectivity index (χ3n) is 10.4. The Balaban J connectivity index is 1.04. The number of piperidine rings is 1. The van der Waals surface area contributed by atoms with Crippen molar-refractivity contribution in [3.8, 4) is 0 Å². The summed E-state index contributed by atoms with van der Waals surface area (Å²) in [5.41, 5.74) is 4.44. The van der Waals surface area contributed by atoms with Gasteiger partial charge in [-0.3, -0.25) is 19.1 Å². The van der Waals surface area contributed by atoms with Gasteiger partial charge in [0, 0.05) is 43.7 Å². The summed E-state index contributed by atoms with van der Waals surface area (Å²) in [5.74, 6) is 1.42. The number of carbonyl (C=O) groups excluding carboxylic acids is 3. The second-order valence-electron chi connectivity index (χ2n) is 13.2. The summed E-state index contributed by atoms with van der Waals surface area (Å²) in [7, 11) is 0. The summed E-state index contributed by atoms with van der Waals surface area (Å²) in [6.45, 7) is 6.99. The largest absolute Gasteiger partial charge is 0.353 e. The monoisotopic (exact) mass is 562 g/mol. The van der Waals surface area contributed by atoms with Crippen LogP contribution in [0.2, 0.25) is 0 Å². The van der Waals surface area contributed by atoms with Gasteiger partial charge in [-0.2, -0.15) is 5.10 Å². The van der Waals surface area contributed by atoms with Gasteiger partial charge in [0.2, 0.25) is 5.91 Å². The quantitative estimate of drug-likeness (QED) is 0.473. The number of likely N-dealkylation sites (tertiary alicyclic amines) is 1. The summed E-state index contributed by atoms with van der Waals surface area (Å²) in [5, 5.41) is 7.70. The van der Waals surface area contributed by atoms with Crippen molar-refractivity contribution in [1.29, 1.82) is 0 Å². The van der Waals surface area contributed by atoms with Crippen LogP contribution < -0.4 is 5.32 Å². The Morgan fingerprint density at radius 3 is 2.54 bits per heavy atom. The van der Waals surface area contributed by atoms with Crippen LogP contribution in [0.3, 0.4) is 0 Å². The highest BCUT2D eigenvalue weighted by Crippen LogP contribution is 2.57. The predicted molar refractivity (Wildman–Crippen MR) is 154 cm³/mol. The summed E-state index contributed by atoms with van der Waals surface area (Å²) in [6, 6.07) is 6.04. The van der Waals surface area contributed by atoms with Crippen LogP contribution >= 0.6 is 0 Å². The molecule has 1 saturated heterocycles. The zero-order chi connectivity index (χ0) is 28.9. The van der Waals surface area contributed by atoms with Crippen LogP contribution in [0.25, 0.3) is 0 Å². The van der Waals surface area contributed by atoms with Gasteiger partial charge < -0.3 is 10.2 Å². The molecule has 8 heteroatoms. The van der Waals surface area contributed by atoms with E-state index in [1.807, 2.05) is 41.6 Å². The third kappa shape index (κ3) is 5.59. The fourth-order valence-electron chi connectivity index (χ4n) is 7.68. The molecule has 2 heterocycles. The Kier molecular flexibility index (Phi) is 7.53. The van der Waals surface area contributed by atoms with Gasteiger partial charge in [-0.05, 0) is 106 Å². The van der Waals surface area contributed by atoms with Crippen LogP contribution in [0, 0.1) is 25.7 Å². The van der Waals surface area contributed by atoms with E-state index < -0.39 is 5.67 Å². The zero-order valence-electron chi connectivity index (χ0n) is 24.7. The standard InChI is InChI=1S/C33H43FN4O3/c1-20-5-4-6-28(21(20)2)33(34)13-9-23(10-14-33)7-8-26(40)19-38-29-18-24-17-27(24)30(29)31(36-38)32(41)37-15-11-25(12-16-37)35-22(3)39/h4-6,23-25,27H,7-19H2,1-3H3,(H,35,39)/t23?,24-,27-,33?/m1/s1. The van der Waals surface area contributed by atoms with Gasteiger partial charge >= 0.3 is 0 Å². The maximum atomic E-state index is 15.9. The first-order valence-electron chi connectivity index (χ1n) is 15.6. The highest BCUT2D eigenvalue weighted by atomic mass is 19.1. The molecule has 0 unspecified atom stereocenters. The lowest BCUT2D eigenvalue weighted by molar-refractivity contribution is -0.121. The minimum atomic E-state index is -1.27. The van der Waals surface area contributed by atoms with Gasteiger partial charge in [0.05, 0.1) is 6.54 Å². The van der Waals surface area contributed by atoms with Gasteiger partial charge in [0.15, 0.2) is 11.5 Å². The third-order valence-corrected chi connectivity index (χ3v) is 10.4. The SMILES string of the molecule is CC(=O)NC1CCN(C(=O)c2nn(CC(=O)CCC3CCC(F)(c4cccc(C)c4C)CC3)c3c2[C@@H]2C[C@@H]2C3)CC1. The summed E-state index contributed by atoms with van der Waals surface area (Å²) in [6.07, 6.45) is 7.37. The molecule has 1 aromatic heterocycles. The second-order valence-corrected chi connectivity index (χ2v) is 13.2. The number of rotatable bonds is 8. The number of benzene rings is 1. The first kappa shape index (κ1) is 28.1. The highest BCUT2D eigenvalue weighted by Gasteiger charge is 2.50. The van der Waals surface area contributed by atoms with Crippen LogP contribution in [0.5, 0.6) is 0 Å². The van der Waals surface area contributed by atoms with Crippen molar-refractivity contribution in [1.82, 2.24) is 20.0 Å². The van der Waals surface area contributed by atoms with Gasteiger partial charge in [-0.25, -0.2) is 4.39 Å². The number of hydrogen-bond acceptors (Lipinski definition) is 4. The molecule has 2 amide bonds. The molecule has 0 spiro atoms. The zero-order valence-corrected chi connectivity index (χ0v) is 24.7. The molecule has 0 bridgehead atoms. The molecule has 1 N–H and O–H groups in total. The number of carbonyl (C=O) groups is 3. The van der Waals surface area contributed by atoms with E-state index in [1.54, 1.807) is 0 Å². The van der Waals surface area contributed by atoms with E-state index in [0.29, 0.717) is 55.8 Å². The number of nitrogens with zero attached hydrogens (tertiary/aromatic N) is 3. The Labute approximate surface area is 242 Å². The Morgan fingerprint density at radius 1 is 1.10 bits per heavy atom. The van der Waals surface area contributed by atoms with E-state index in [4.69, 9.17) is 5.10 Å². The molecule has 41 heavy (non-hydrogen) atoms. The number of alkyl halides is 1. The maximum Gasteiger partial charge on any atom is 0.274 e. The maximum absolute atomic E-state index is 15.9. The smallest absolute Gasteiger partial charge is 0.274 e. The Hall–Kier alpha value is -3.03. The number of aryl methyl sites for hydroxylation is 1. The number of halogens is 1. The number of ketones is 1. The van der Waals surface area contributed by atoms with Crippen molar-refractivity contribution in [2.75, 3.05) is 13.1 Å². The number of amides is 2.